The van der Waals surface area contributed by atoms with Gasteiger partial charge in [0.2, 0.25) is 0 Å². The van der Waals surface area contributed by atoms with Gasteiger partial charge in [0, 0.05) is 6.92 Å². The van der Waals surface area contributed by atoms with Crippen molar-refractivity contribution in [1.82, 2.24) is 0 Å². The third-order valence-electron chi connectivity index (χ3n) is 7.66. The summed E-state index contributed by atoms with van der Waals surface area (Å²) in [5.41, 5.74) is 8.61. The first-order valence-electron chi connectivity index (χ1n) is 13.5. The van der Waals surface area contributed by atoms with E-state index >= 15 is 0 Å². The van der Waals surface area contributed by atoms with E-state index in [0.717, 1.165) is 35.3 Å². The van der Waals surface area contributed by atoms with E-state index in [0.29, 0.717) is 5.75 Å². The number of carbonyl (C=O) groups excluding carboxylic acids is 1. The quantitative estimate of drug-likeness (QED) is 0.165. The molecular weight excluding hydrogens is 468 g/mol. The molecular formula is C35H36O3. The van der Waals surface area contributed by atoms with Crippen molar-refractivity contribution < 1.29 is 14.3 Å². The summed E-state index contributed by atoms with van der Waals surface area (Å²) in [6.07, 6.45) is 2.07. The van der Waals surface area contributed by atoms with Crippen LogP contribution in [-0.2, 0) is 10.2 Å². The smallest absolute Gasteiger partial charge is 0.308 e. The summed E-state index contributed by atoms with van der Waals surface area (Å²) in [5, 5.41) is 0. The molecule has 4 aromatic rings. The van der Waals surface area contributed by atoms with Crippen molar-refractivity contribution >= 4 is 5.97 Å². The van der Waals surface area contributed by atoms with Gasteiger partial charge in [-0.2, -0.15) is 0 Å². The number of fused-ring (bicyclic) bond motifs is 3. The molecule has 0 saturated carbocycles. The maximum Gasteiger partial charge on any atom is 0.308 e. The lowest BCUT2D eigenvalue weighted by molar-refractivity contribution is -0.131. The number of hydrogen-bond donors (Lipinski definition) is 0. The zero-order chi connectivity index (χ0) is 27.1. The fourth-order valence-electron chi connectivity index (χ4n) is 6.12. The molecule has 194 valence electrons. The number of rotatable bonds is 7. The Balaban J connectivity index is 1.76. The van der Waals surface area contributed by atoms with E-state index in [4.69, 9.17) is 9.47 Å². The van der Waals surface area contributed by atoms with E-state index in [1.165, 1.54) is 34.7 Å². The van der Waals surface area contributed by atoms with Crippen LogP contribution in [-0.4, -0.2) is 11.6 Å². The third-order valence-corrected chi connectivity index (χ3v) is 7.66. The molecule has 1 aliphatic carbocycles. The van der Waals surface area contributed by atoms with Crippen molar-refractivity contribution in [2.75, 3.05) is 0 Å². The predicted octanol–water partition coefficient (Wildman–Crippen LogP) is 8.55. The normalized spacial score (nSPS) is 13.5. The fourth-order valence-corrected chi connectivity index (χ4v) is 6.12. The van der Waals surface area contributed by atoms with Gasteiger partial charge < -0.3 is 9.47 Å². The summed E-state index contributed by atoms with van der Waals surface area (Å²) in [4.78, 5) is 11.7. The highest BCUT2D eigenvalue weighted by atomic mass is 16.5. The molecule has 0 N–H and O–H groups in total. The fraction of sp³-hybridized carbons (Fsp3) is 0.286. The molecule has 0 fully saturated rings. The molecule has 0 aliphatic heterocycles. The molecule has 5 rings (SSSR count). The molecule has 1 aliphatic rings. The molecule has 3 nitrogen and oxygen atoms in total. The number of carbonyl (C=O) groups is 1. The molecule has 3 heteroatoms. The van der Waals surface area contributed by atoms with Gasteiger partial charge in [0.25, 0.3) is 0 Å². The van der Waals surface area contributed by atoms with E-state index in [-0.39, 0.29) is 11.6 Å². The van der Waals surface area contributed by atoms with Crippen LogP contribution in [0, 0.1) is 13.8 Å². The van der Waals surface area contributed by atoms with Crippen LogP contribution in [0.2, 0.25) is 0 Å². The van der Waals surface area contributed by atoms with Crippen molar-refractivity contribution in [3.8, 4) is 22.6 Å². The summed E-state index contributed by atoms with van der Waals surface area (Å²) < 4.78 is 12.0. The Labute approximate surface area is 226 Å². The van der Waals surface area contributed by atoms with Crippen LogP contribution >= 0.6 is 0 Å². The summed E-state index contributed by atoms with van der Waals surface area (Å²) in [6, 6.07) is 30.2. The summed E-state index contributed by atoms with van der Waals surface area (Å²) in [5.74, 6) is 1.20. The Morgan fingerprint density at radius 1 is 0.763 bits per heavy atom. The van der Waals surface area contributed by atoms with E-state index < -0.39 is 5.41 Å². The van der Waals surface area contributed by atoms with Crippen molar-refractivity contribution in [3.05, 3.63) is 118 Å². The van der Waals surface area contributed by atoms with Gasteiger partial charge in [-0.3, -0.25) is 4.79 Å². The van der Waals surface area contributed by atoms with Crippen molar-refractivity contribution in [1.29, 1.82) is 0 Å². The van der Waals surface area contributed by atoms with Crippen LogP contribution in [0.5, 0.6) is 11.5 Å². The van der Waals surface area contributed by atoms with E-state index in [1.54, 1.807) is 0 Å². The highest BCUT2D eigenvalue weighted by Crippen LogP contribution is 2.56. The molecule has 0 aromatic heterocycles. The second-order valence-electron chi connectivity index (χ2n) is 11.0. The van der Waals surface area contributed by atoms with Gasteiger partial charge in [-0.1, -0.05) is 86.1 Å². The first kappa shape index (κ1) is 25.8. The Bertz CT molecular complexity index is 1470. The molecule has 0 unspecified atom stereocenters. The number of ether oxygens (including phenoxy) is 2. The lowest BCUT2D eigenvalue weighted by Crippen LogP contribution is -2.30. The minimum Gasteiger partial charge on any atom is -0.488 e. The average molecular weight is 505 g/mol. The number of esters is 1. The number of hydrogen-bond acceptors (Lipinski definition) is 3. The second-order valence-corrected chi connectivity index (χ2v) is 11.0. The standard InChI is InChI=1S/C35H36O3/c1-7-20-34(5,6)38-33-19-17-27(22-24(33)3)35(26-16-18-32(23(2)21-26)37-25(4)36)30-14-10-8-12-28(30)29-13-9-11-15-31(29)35/h8-19,21-22H,7,20H2,1-6H3. The van der Waals surface area contributed by atoms with Gasteiger partial charge in [-0.15, -0.1) is 0 Å². The SMILES string of the molecule is CCCC(C)(C)Oc1ccc(C2(c3ccc(OC(C)=O)c(C)c3)c3ccccc3-c3ccccc32)cc1C. The monoisotopic (exact) mass is 504 g/mol. The molecule has 0 atom stereocenters. The second kappa shape index (κ2) is 9.79. The Hall–Kier alpha value is -3.85. The Morgan fingerprint density at radius 3 is 1.74 bits per heavy atom. The molecule has 0 heterocycles. The van der Waals surface area contributed by atoms with Crippen LogP contribution in [0.3, 0.4) is 0 Å². The van der Waals surface area contributed by atoms with Crippen molar-refractivity contribution in [3.63, 3.8) is 0 Å². The van der Waals surface area contributed by atoms with Gasteiger partial charge in [-0.25, -0.2) is 0 Å². The van der Waals surface area contributed by atoms with Gasteiger partial charge in [0.15, 0.2) is 0 Å². The Morgan fingerprint density at radius 2 is 1.26 bits per heavy atom. The largest absolute Gasteiger partial charge is 0.488 e. The minimum absolute atomic E-state index is 0.227. The van der Waals surface area contributed by atoms with Gasteiger partial charge in [0.05, 0.1) is 5.41 Å². The van der Waals surface area contributed by atoms with Crippen LogP contribution < -0.4 is 9.47 Å². The van der Waals surface area contributed by atoms with E-state index in [1.807, 2.05) is 13.0 Å². The van der Waals surface area contributed by atoms with E-state index in [9.17, 15) is 4.79 Å². The minimum atomic E-state index is -0.519. The lowest BCUT2D eigenvalue weighted by Gasteiger charge is -2.35. The zero-order valence-electron chi connectivity index (χ0n) is 23.2. The third kappa shape index (κ3) is 4.30. The first-order valence-corrected chi connectivity index (χ1v) is 13.5. The Kier molecular flexibility index (Phi) is 6.65. The van der Waals surface area contributed by atoms with Crippen LogP contribution in [0.1, 0.15) is 73.9 Å². The molecule has 0 bridgehead atoms. The van der Waals surface area contributed by atoms with Gasteiger partial charge >= 0.3 is 5.97 Å². The van der Waals surface area contributed by atoms with Gasteiger partial charge in [-0.05, 0) is 90.8 Å². The van der Waals surface area contributed by atoms with Crippen LogP contribution in [0.25, 0.3) is 11.1 Å². The molecule has 0 saturated heterocycles. The van der Waals surface area contributed by atoms with Crippen LogP contribution in [0.15, 0.2) is 84.9 Å². The molecule has 4 aromatic carbocycles. The lowest BCUT2D eigenvalue weighted by atomic mass is 9.67. The number of benzene rings is 4. The predicted molar refractivity (Wildman–Crippen MR) is 154 cm³/mol. The van der Waals surface area contributed by atoms with E-state index in [2.05, 4.69) is 107 Å². The zero-order valence-corrected chi connectivity index (χ0v) is 23.2. The maximum atomic E-state index is 11.7. The van der Waals surface area contributed by atoms with Gasteiger partial charge in [0.1, 0.15) is 17.1 Å². The maximum absolute atomic E-state index is 11.7. The highest BCUT2D eigenvalue weighted by Gasteiger charge is 2.46. The molecule has 0 spiro atoms. The highest BCUT2D eigenvalue weighted by molar-refractivity contribution is 5.86. The summed E-state index contributed by atoms with van der Waals surface area (Å²) in [7, 11) is 0. The average Bonchev–Trinajstić information content (AvgIpc) is 3.17. The van der Waals surface area contributed by atoms with Crippen molar-refractivity contribution in [2.45, 2.75) is 65.4 Å². The summed E-state index contributed by atoms with van der Waals surface area (Å²) in [6.45, 7) is 12.1. The first-order chi connectivity index (χ1) is 18.2. The topological polar surface area (TPSA) is 35.5 Å². The summed E-state index contributed by atoms with van der Waals surface area (Å²) >= 11 is 0. The molecule has 0 amide bonds. The van der Waals surface area contributed by atoms with Crippen LogP contribution in [0.4, 0.5) is 0 Å². The molecule has 0 radical (unpaired) electrons. The van der Waals surface area contributed by atoms with Crippen molar-refractivity contribution in [2.24, 2.45) is 0 Å². The number of aryl methyl sites for hydroxylation is 2. The molecule has 38 heavy (non-hydrogen) atoms.